The summed E-state index contributed by atoms with van der Waals surface area (Å²) in [5.74, 6) is 0. The van der Waals surface area contributed by atoms with Crippen LogP contribution < -0.4 is 4.72 Å². The van der Waals surface area contributed by atoms with E-state index < -0.39 is 14.9 Å². The van der Waals surface area contributed by atoms with Crippen molar-refractivity contribution in [1.29, 1.82) is 0 Å². The smallest absolute Gasteiger partial charge is 0.258 e. The van der Waals surface area contributed by atoms with Crippen LogP contribution >= 0.6 is 0 Å². The Labute approximate surface area is 140 Å². The molecule has 3 rings (SSSR count). The van der Waals surface area contributed by atoms with Crippen molar-refractivity contribution in [3.8, 4) is 0 Å². The highest BCUT2D eigenvalue weighted by Crippen LogP contribution is 2.31. The maximum atomic E-state index is 12.7. The Morgan fingerprint density at radius 1 is 1.21 bits per heavy atom. The number of rotatable bonds is 4. The summed E-state index contributed by atoms with van der Waals surface area (Å²) in [4.78, 5) is 10.4. The molecule has 0 aliphatic heterocycles. The standard InChI is InChI=1S/C17H18N2O4S/c1-12-9-10-14(11-17(12)19(20)21)24(22,23)18-16-8-4-6-13-5-2-3-7-15(13)16/h2-3,5,7,9-11,16,18H,4,6,8H2,1H3/t16-/m1/s1. The predicted molar refractivity (Wildman–Crippen MR) is 90.3 cm³/mol. The Morgan fingerprint density at radius 3 is 2.71 bits per heavy atom. The average Bonchev–Trinajstić information content (AvgIpc) is 2.55. The zero-order valence-electron chi connectivity index (χ0n) is 13.2. The number of sulfonamides is 1. The third kappa shape index (κ3) is 3.18. The van der Waals surface area contributed by atoms with Crippen LogP contribution in [0, 0.1) is 17.0 Å². The maximum absolute atomic E-state index is 12.7. The van der Waals surface area contributed by atoms with Crippen LogP contribution in [0.4, 0.5) is 5.69 Å². The van der Waals surface area contributed by atoms with Gasteiger partial charge in [-0.15, -0.1) is 0 Å². The van der Waals surface area contributed by atoms with Gasteiger partial charge in [-0.25, -0.2) is 13.1 Å². The van der Waals surface area contributed by atoms with Crippen LogP contribution in [-0.4, -0.2) is 13.3 Å². The molecule has 0 saturated carbocycles. The molecule has 0 amide bonds. The van der Waals surface area contributed by atoms with Gasteiger partial charge in [0.2, 0.25) is 10.0 Å². The number of nitro benzene ring substituents is 1. The first-order valence-corrected chi connectivity index (χ1v) is 9.22. The number of fused-ring (bicyclic) bond motifs is 1. The second-order valence-electron chi connectivity index (χ2n) is 5.97. The fraction of sp³-hybridized carbons (Fsp3) is 0.294. The monoisotopic (exact) mass is 346 g/mol. The van der Waals surface area contributed by atoms with Gasteiger partial charge >= 0.3 is 0 Å². The molecule has 0 fully saturated rings. The number of nitro groups is 1. The molecule has 0 unspecified atom stereocenters. The SMILES string of the molecule is Cc1ccc(S(=O)(=O)N[C@@H]2CCCc3ccccc32)cc1[N+](=O)[O-]. The maximum Gasteiger partial charge on any atom is 0.273 e. The summed E-state index contributed by atoms with van der Waals surface area (Å²) in [7, 11) is -3.83. The average molecular weight is 346 g/mol. The highest BCUT2D eigenvalue weighted by Gasteiger charge is 2.27. The van der Waals surface area contributed by atoms with E-state index in [0.29, 0.717) is 12.0 Å². The second-order valence-corrected chi connectivity index (χ2v) is 7.68. The zero-order valence-corrected chi connectivity index (χ0v) is 14.0. The van der Waals surface area contributed by atoms with Gasteiger partial charge in [0.25, 0.3) is 5.69 Å². The van der Waals surface area contributed by atoms with E-state index in [1.54, 1.807) is 6.92 Å². The minimum absolute atomic E-state index is 0.0807. The molecular formula is C17H18N2O4S. The van der Waals surface area contributed by atoms with Crippen molar-refractivity contribution < 1.29 is 13.3 Å². The molecule has 6 nitrogen and oxygen atoms in total. The molecule has 2 aromatic rings. The lowest BCUT2D eigenvalue weighted by Gasteiger charge is -2.26. The van der Waals surface area contributed by atoms with Crippen molar-refractivity contribution >= 4 is 15.7 Å². The molecule has 1 N–H and O–H groups in total. The molecule has 24 heavy (non-hydrogen) atoms. The van der Waals surface area contributed by atoms with Gasteiger partial charge in [-0.2, -0.15) is 0 Å². The van der Waals surface area contributed by atoms with Crippen LogP contribution in [0.2, 0.25) is 0 Å². The molecule has 1 aliphatic rings. The third-order valence-corrected chi connectivity index (χ3v) is 5.82. The van der Waals surface area contributed by atoms with E-state index in [0.717, 1.165) is 30.0 Å². The lowest BCUT2D eigenvalue weighted by molar-refractivity contribution is -0.385. The van der Waals surface area contributed by atoms with Crippen LogP contribution in [0.5, 0.6) is 0 Å². The van der Waals surface area contributed by atoms with E-state index in [1.807, 2.05) is 24.3 Å². The summed E-state index contributed by atoms with van der Waals surface area (Å²) >= 11 is 0. The van der Waals surface area contributed by atoms with E-state index in [2.05, 4.69) is 4.72 Å². The van der Waals surface area contributed by atoms with Crippen molar-refractivity contribution in [2.24, 2.45) is 0 Å². The second kappa shape index (κ2) is 6.33. The first-order chi connectivity index (χ1) is 11.4. The first-order valence-electron chi connectivity index (χ1n) is 7.73. The largest absolute Gasteiger partial charge is 0.273 e. The van der Waals surface area contributed by atoms with E-state index in [1.165, 1.54) is 12.1 Å². The lowest BCUT2D eigenvalue weighted by Crippen LogP contribution is -2.31. The number of aryl methyl sites for hydroxylation is 2. The van der Waals surface area contributed by atoms with E-state index in [9.17, 15) is 18.5 Å². The first kappa shape index (κ1) is 16.6. The van der Waals surface area contributed by atoms with Crippen molar-refractivity contribution in [2.75, 3.05) is 0 Å². The van der Waals surface area contributed by atoms with Gasteiger partial charge in [0.1, 0.15) is 0 Å². The van der Waals surface area contributed by atoms with Crippen molar-refractivity contribution in [3.63, 3.8) is 0 Å². The Balaban J connectivity index is 1.93. The summed E-state index contributed by atoms with van der Waals surface area (Å²) in [6, 6.07) is 11.4. The number of hydrogen-bond acceptors (Lipinski definition) is 4. The topological polar surface area (TPSA) is 89.3 Å². The van der Waals surface area contributed by atoms with Crippen molar-refractivity contribution in [1.82, 2.24) is 4.72 Å². The summed E-state index contributed by atoms with van der Waals surface area (Å²) in [5, 5.41) is 11.0. The molecule has 0 heterocycles. The van der Waals surface area contributed by atoms with Crippen LogP contribution in [0.3, 0.4) is 0 Å². The van der Waals surface area contributed by atoms with Gasteiger partial charge in [0, 0.05) is 17.7 Å². The fourth-order valence-corrected chi connectivity index (χ4v) is 4.35. The summed E-state index contributed by atoms with van der Waals surface area (Å²) < 4.78 is 28.0. The van der Waals surface area contributed by atoms with E-state index in [4.69, 9.17) is 0 Å². The van der Waals surface area contributed by atoms with Crippen LogP contribution in [-0.2, 0) is 16.4 Å². The highest BCUT2D eigenvalue weighted by molar-refractivity contribution is 7.89. The Kier molecular flexibility index (Phi) is 4.38. The van der Waals surface area contributed by atoms with Gasteiger partial charge < -0.3 is 0 Å². The number of benzene rings is 2. The van der Waals surface area contributed by atoms with Crippen molar-refractivity contribution in [3.05, 3.63) is 69.3 Å². The molecular weight excluding hydrogens is 328 g/mol. The number of nitrogens with one attached hydrogen (secondary N) is 1. The summed E-state index contributed by atoms with van der Waals surface area (Å²) in [6.45, 7) is 1.58. The number of hydrogen-bond donors (Lipinski definition) is 1. The highest BCUT2D eigenvalue weighted by atomic mass is 32.2. The quantitative estimate of drug-likeness (QED) is 0.680. The molecule has 7 heteroatoms. The van der Waals surface area contributed by atoms with Gasteiger partial charge in [-0.3, -0.25) is 10.1 Å². The molecule has 0 spiro atoms. The normalized spacial score (nSPS) is 17.3. The van der Waals surface area contributed by atoms with Crippen LogP contribution in [0.1, 0.15) is 35.6 Å². The Hall–Kier alpha value is -2.25. The minimum atomic E-state index is -3.83. The van der Waals surface area contributed by atoms with Crippen molar-refractivity contribution in [2.45, 2.75) is 37.1 Å². The Morgan fingerprint density at radius 2 is 1.96 bits per heavy atom. The molecule has 2 aromatic carbocycles. The fourth-order valence-electron chi connectivity index (χ4n) is 3.08. The molecule has 0 aromatic heterocycles. The van der Waals surface area contributed by atoms with Gasteiger partial charge in [-0.05, 0) is 43.4 Å². The van der Waals surface area contributed by atoms with Gasteiger partial charge in [0.15, 0.2) is 0 Å². The molecule has 0 saturated heterocycles. The van der Waals surface area contributed by atoms with Gasteiger partial charge in [0.05, 0.1) is 9.82 Å². The molecule has 126 valence electrons. The van der Waals surface area contributed by atoms with E-state index >= 15 is 0 Å². The number of nitrogens with zero attached hydrogens (tertiary/aromatic N) is 1. The molecule has 0 bridgehead atoms. The van der Waals surface area contributed by atoms with Gasteiger partial charge in [-0.1, -0.05) is 30.3 Å². The van der Waals surface area contributed by atoms with Crippen LogP contribution in [0.15, 0.2) is 47.4 Å². The third-order valence-electron chi connectivity index (χ3n) is 4.35. The minimum Gasteiger partial charge on any atom is -0.258 e. The Bertz CT molecular complexity index is 893. The zero-order chi connectivity index (χ0) is 17.3. The van der Waals surface area contributed by atoms with Crippen LogP contribution in [0.25, 0.3) is 0 Å². The van der Waals surface area contributed by atoms with E-state index in [-0.39, 0.29) is 16.6 Å². The predicted octanol–water partition coefficient (Wildman–Crippen LogP) is 3.26. The molecule has 1 aliphatic carbocycles. The summed E-state index contributed by atoms with van der Waals surface area (Å²) in [5.41, 5.74) is 2.36. The lowest BCUT2D eigenvalue weighted by atomic mass is 9.88. The molecule has 0 radical (unpaired) electrons. The molecule has 1 atom stereocenters. The summed E-state index contributed by atoms with van der Waals surface area (Å²) in [6.07, 6.45) is 2.55.